The summed E-state index contributed by atoms with van der Waals surface area (Å²) in [5.41, 5.74) is 0.746. The first-order valence-electron chi connectivity index (χ1n) is 5.55. The highest BCUT2D eigenvalue weighted by atomic mass is 35.5. The van der Waals surface area contributed by atoms with Crippen LogP contribution in [0.1, 0.15) is 12.0 Å². The van der Waals surface area contributed by atoms with Gasteiger partial charge in [-0.3, -0.25) is 9.59 Å². The quantitative estimate of drug-likeness (QED) is 0.537. The Morgan fingerprint density at radius 3 is 2.50 bits per heavy atom. The lowest BCUT2D eigenvalue weighted by Gasteiger charge is -2.07. The second-order valence-electron chi connectivity index (χ2n) is 3.61. The number of amides is 2. The first-order valence-corrected chi connectivity index (χ1v) is 5.93. The summed E-state index contributed by atoms with van der Waals surface area (Å²) in [6.45, 7) is 0.447. The summed E-state index contributed by atoms with van der Waals surface area (Å²) < 4.78 is 0. The van der Waals surface area contributed by atoms with E-state index in [0.717, 1.165) is 5.56 Å². The summed E-state index contributed by atoms with van der Waals surface area (Å²) in [5.74, 6) is -1.43. The van der Waals surface area contributed by atoms with E-state index in [1.165, 1.54) is 0 Å². The molecule has 98 valence electrons. The van der Waals surface area contributed by atoms with E-state index in [2.05, 4.69) is 10.6 Å². The van der Waals surface area contributed by atoms with Gasteiger partial charge in [0, 0.05) is 24.7 Å². The topological polar surface area (TPSA) is 78.4 Å². The number of aliphatic hydroxyl groups is 1. The van der Waals surface area contributed by atoms with Crippen molar-refractivity contribution in [3.8, 4) is 0 Å². The van der Waals surface area contributed by atoms with Crippen molar-refractivity contribution in [1.82, 2.24) is 10.6 Å². The van der Waals surface area contributed by atoms with Crippen molar-refractivity contribution in [2.75, 3.05) is 13.2 Å². The van der Waals surface area contributed by atoms with E-state index in [9.17, 15) is 9.59 Å². The minimum Gasteiger partial charge on any atom is -0.396 e. The Kier molecular flexibility index (Phi) is 6.18. The maximum Gasteiger partial charge on any atom is 0.309 e. The van der Waals surface area contributed by atoms with Crippen molar-refractivity contribution < 1.29 is 14.7 Å². The van der Waals surface area contributed by atoms with Gasteiger partial charge in [0.15, 0.2) is 0 Å². The smallest absolute Gasteiger partial charge is 0.309 e. The second-order valence-corrected chi connectivity index (χ2v) is 4.01. The van der Waals surface area contributed by atoms with E-state index >= 15 is 0 Å². The molecular weight excluding hydrogens is 256 g/mol. The molecule has 0 aliphatic heterocycles. The second kappa shape index (κ2) is 7.68. The van der Waals surface area contributed by atoms with E-state index in [1.807, 2.05) is 0 Å². The first-order chi connectivity index (χ1) is 8.65. The predicted octanol–water partition coefficient (Wildman–Crippen LogP) is 0.455. The monoisotopic (exact) mass is 270 g/mol. The standard InChI is InChI=1S/C12H15ClN2O3/c13-10-5-2-1-4-9(10)8-15-12(18)11(17)14-6-3-7-16/h1-2,4-5,16H,3,6-8H2,(H,14,17)(H,15,18). The van der Waals surface area contributed by atoms with Crippen LogP contribution >= 0.6 is 11.6 Å². The average molecular weight is 271 g/mol. The van der Waals surface area contributed by atoms with Crippen LogP contribution in [-0.4, -0.2) is 30.1 Å². The van der Waals surface area contributed by atoms with E-state index in [1.54, 1.807) is 24.3 Å². The van der Waals surface area contributed by atoms with E-state index in [4.69, 9.17) is 16.7 Å². The molecule has 0 saturated carbocycles. The zero-order chi connectivity index (χ0) is 13.4. The van der Waals surface area contributed by atoms with Crippen molar-refractivity contribution in [2.24, 2.45) is 0 Å². The van der Waals surface area contributed by atoms with Gasteiger partial charge < -0.3 is 15.7 Å². The Morgan fingerprint density at radius 2 is 1.83 bits per heavy atom. The fourth-order valence-electron chi connectivity index (χ4n) is 1.26. The molecule has 0 bridgehead atoms. The van der Waals surface area contributed by atoms with Crippen LogP contribution in [0.2, 0.25) is 5.02 Å². The van der Waals surface area contributed by atoms with Crippen molar-refractivity contribution in [3.05, 3.63) is 34.9 Å². The molecule has 0 heterocycles. The molecule has 0 radical (unpaired) electrons. The van der Waals surface area contributed by atoms with Gasteiger partial charge in [-0.05, 0) is 18.1 Å². The van der Waals surface area contributed by atoms with Gasteiger partial charge >= 0.3 is 11.8 Å². The van der Waals surface area contributed by atoms with Crippen molar-refractivity contribution in [2.45, 2.75) is 13.0 Å². The van der Waals surface area contributed by atoms with E-state index in [-0.39, 0.29) is 19.7 Å². The minimum absolute atomic E-state index is 0.0263. The van der Waals surface area contributed by atoms with Gasteiger partial charge in [0.25, 0.3) is 0 Å². The number of aliphatic hydroxyl groups excluding tert-OH is 1. The third kappa shape index (κ3) is 4.73. The Labute approximate surface area is 110 Å². The normalized spacial score (nSPS) is 9.89. The summed E-state index contributed by atoms with van der Waals surface area (Å²) in [6, 6.07) is 7.07. The SMILES string of the molecule is O=C(NCCCO)C(=O)NCc1ccccc1Cl. The van der Waals surface area contributed by atoms with Gasteiger partial charge in [0.2, 0.25) is 0 Å². The van der Waals surface area contributed by atoms with Crippen molar-refractivity contribution in [1.29, 1.82) is 0 Å². The van der Waals surface area contributed by atoms with Gasteiger partial charge in [-0.15, -0.1) is 0 Å². The van der Waals surface area contributed by atoms with Gasteiger partial charge in [0.05, 0.1) is 0 Å². The van der Waals surface area contributed by atoms with Crippen molar-refractivity contribution in [3.63, 3.8) is 0 Å². The fraction of sp³-hybridized carbons (Fsp3) is 0.333. The summed E-state index contributed by atoms with van der Waals surface area (Å²) in [7, 11) is 0. The molecule has 0 saturated heterocycles. The number of carbonyl (C=O) groups is 2. The summed E-state index contributed by atoms with van der Waals surface area (Å²) in [4.78, 5) is 22.7. The molecule has 5 nitrogen and oxygen atoms in total. The lowest BCUT2D eigenvalue weighted by molar-refractivity contribution is -0.139. The molecule has 0 aromatic heterocycles. The van der Waals surface area contributed by atoms with Crippen LogP contribution < -0.4 is 10.6 Å². The van der Waals surface area contributed by atoms with Crippen LogP contribution in [0.4, 0.5) is 0 Å². The largest absolute Gasteiger partial charge is 0.396 e. The van der Waals surface area contributed by atoms with Gasteiger partial charge in [0.1, 0.15) is 0 Å². The number of nitrogens with one attached hydrogen (secondary N) is 2. The van der Waals surface area contributed by atoms with E-state index < -0.39 is 11.8 Å². The third-order valence-corrected chi connectivity index (χ3v) is 2.59. The van der Waals surface area contributed by atoms with Crippen LogP contribution in [0, 0.1) is 0 Å². The summed E-state index contributed by atoms with van der Waals surface area (Å²) in [5, 5.41) is 13.9. The Morgan fingerprint density at radius 1 is 1.17 bits per heavy atom. The van der Waals surface area contributed by atoms with Crippen LogP contribution in [0.15, 0.2) is 24.3 Å². The number of carbonyl (C=O) groups excluding carboxylic acids is 2. The highest BCUT2D eigenvalue weighted by Crippen LogP contribution is 2.13. The summed E-state index contributed by atoms with van der Waals surface area (Å²) >= 11 is 5.91. The molecule has 0 atom stereocenters. The molecule has 6 heteroatoms. The van der Waals surface area contributed by atoms with Crippen LogP contribution in [-0.2, 0) is 16.1 Å². The maximum atomic E-state index is 11.4. The molecule has 1 rings (SSSR count). The minimum atomic E-state index is -0.715. The fourth-order valence-corrected chi connectivity index (χ4v) is 1.46. The van der Waals surface area contributed by atoms with Crippen LogP contribution in [0.25, 0.3) is 0 Å². The highest BCUT2D eigenvalue weighted by molar-refractivity contribution is 6.35. The van der Waals surface area contributed by atoms with Gasteiger partial charge in [-0.2, -0.15) is 0 Å². The molecule has 1 aromatic rings. The van der Waals surface area contributed by atoms with Crippen LogP contribution in [0.3, 0.4) is 0 Å². The Bertz CT molecular complexity index is 424. The molecule has 0 aliphatic rings. The number of rotatable bonds is 5. The molecule has 0 spiro atoms. The number of hydrogen-bond donors (Lipinski definition) is 3. The molecule has 0 fully saturated rings. The number of hydrogen-bond acceptors (Lipinski definition) is 3. The molecule has 0 aliphatic carbocycles. The highest BCUT2D eigenvalue weighted by Gasteiger charge is 2.12. The third-order valence-electron chi connectivity index (χ3n) is 2.22. The van der Waals surface area contributed by atoms with Crippen LogP contribution in [0.5, 0.6) is 0 Å². The van der Waals surface area contributed by atoms with Crippen molar-refractivity contribution >= 4 is 23.4 Å². The maximum absolute atomic E-state index is 11.4. The molecule has 18 heavy (non-hydrogen) atoms. The molecule has 3 N–H and O–H groups in total. The van der Waals surface area contributed by atoms with Gasteiger partial charge in [-0.1, -0.05) is 29.8 Å². The number of benzene rings is 1. The lowest BCUT2D eigenvalue weighted by atomic mass is 10.2. The van der Waals surface area contributed by atoms with Gasteiger partial charge in [-0.25, -0.2) is 0 Å². The molecular formula is C12H15ClN2O3. The zero-order valence-electron chi connectivity index (χ0n) is 9.78. The predicted molar refractivity (Wildman–Crippen MR) is 68.0 cm³/mol. The molecule has 0 unspecified atom stereocenters. The first kappa shape index (κ1) is 14.5. The zero-order valence-corrected chi connectivity index (χ0v) is 10.5. The number of halogens is 1. The molecule has 1 aromatic carbocycles. The van der Waals surface area contributed by atoms with E-state index in [0.29, 0.717) is 11.4 Å². The average Bonchev–Trinajstić information content (AvgIpc) is 2.37. The Hall–Kier alpha value is -1.59. The molecule has 2 amide bonds. The summed E-state index contributed by atoms with van der Waals surface area (Å²) in [6.07, 6.45) is 0.420. The lowest BCUT2D eigenvalue weighted by Crippen LogP contribution is -2.40. The Balaban J connectivity index is 2.37.